The van der Waals surface area contributed by atoms with E-state index in [1.807, 2.05) is 0 Å². The molecule has 1 aliphatic rings. The summed E-state index contributed by atoms with van der Waals surface area (Å²) in [4.78, 5) is 0. The van der Waals surface area contributed by atoms with Gasteiger partial charge in [0.1, 0.15) is 5.82 Å². The maximum absolute atomic E-state index is 13.6. The van der Waals surface area contributed by atoms with Crippen LogP contribution in [-0.4, -0.2) is 11.2 Å². The van der Waals surface area contributed by atoms with E-state index >= 15 is 0 Å². The summed E-state index contributed by atoms with van der Waals surface area (Å²) in [5, 5.41) is 7.10. The van der Waals surface area contributed by atoms with Crippen molar-refractivity contribution < 1.29 is 4.39 Å². The number of rotatable bonds is 2. The standard InChI is InChI=1S/C14H18ClFN2S/c1-9-4-2-3-5-12(9)17-14(19)18-13-8-10(15)6-7-11(13)16/h6-9,12H,2-5H2,1H3,(H2,17,18,19)/t9-,12+/m1/s1. The van der Waals surface area contributed by atoms with Crippen molar-refractivity contribution in [2.24, 2.45) is 5.92 Å². The number of halogens is 2. The summed E-state index contributed by atoms with van der Waals surface area (Å²) >= 11 is 11.1. The largest absolute Gasteiger partial charge is 0.359 e. The second-order valence-corrected chi connectivity index (χ2v) is 5.94. The molecular formula is C14H18ClFN2S. The van der Waals surface area contributed by atoms with E-state index < -0.39 is 0 Å². The molecular weight excluding hydrogens is 283 g/mol. The Bertz CT molecular complexity index is 467. The van der Waals surface area contributed by atoms with Gasteiger partial charge in [0.05, 0.1) is 5.69 Å². The highest BCUT2D eigenvalue weighted by atomic mass is 35.5. The summed E-state index contributed by atoms with van der Waals surface area (Å²) in [5.74, 6) is 0.239. The van der Waals surface area contributed by atoms with Crippen molar-refractivity contribution in [3.05, 3.63) is 29.0 Å². The molecule has 0 aliphatic heterocycles. The van der Waals surface area contributed by atoms with E-state index in [-0.39, 0.29) is 5.82 Å². The van der Waals surface area contributed by atoms with Crippen LogP contribution in [0.4, 0.5) is 10.1 Å². The lowest BCUT2D eigenvalue weighted by Gasteiger charge is -2.30. The first kappa shape index (κ1) is 14.5. The van der Waals surface area contributed by atoms with Gasteiger partial charge in [-0.3, -0.25) is 0 Å². The van der Waals surface area contributed by atoms with Crippen LogP contribution in [0.3, 0.4) is 0 Å². The molecule has 0 saturated heterocycles. The Hall–Kier alpha value is -0.870. The van der Waals surface area contributed by atoms with Gasteiger partial charge in [0.2, 0.25) is 0 Å². The second-order valence-electron chi connectivity index (χ2n) is 5.09. The normalized spacial score (nSPS) is 22.9. The molecule has 0 aromatic heterocycles. The number of hydrogen-bond acceptors (Lipinski definition) is 1. The van der Waals surface area contributed by atoms with Crippen LogP contribution in [0.15, 0.2) is 18.2 Å². The molecule has 2 N–H and O–H groups in total. The maximum Gasteiger partial charge on any atom is 0.171 e. The number of thiocarbonyl (C=S) groups is 1. The molecule has 0 bridgehead atoms. The summed E-state index contributed by atoms with van der Waals surface area (Å²) < 4.78 is 13.6. The van der Waals surface area contributed by atoms with E-state index in [1.165, 1.54) is 37.5 Å². The minimum Gasteiger partial charge on any atom is -0.359 e. The Kier molecular flexibility index (Phi) is 4.99. The summed E-state index contributed by atoms with van der Waals surface area (Å²) in [6.45, 7) is 2.22. The van der Waals surface area contributed by atoms with Crippen LogP contribution in [0.5, 0.6) is 0 Å². The monoisotopic (exact) mass is 300 g/mol. The van der Waals surface area contributed by atoms with Crippen molar-refractivity contribution in [2.45, 2.75) is 38.6 Å². The number of benzene rings is 1. The van der Waals surface area contributed by atoms with Crippen LogP contribution in [0.25, 0.3) is 0 Å². The molecule has 104 valence electrons. The molecule has 0 radical (unpaired) electrons. The van der Waals surface area contributed by atoms with E-state index in [0.717, 1.165) is 6.42 Å². The Morgan fingerprint density at radius 1 is 1.37 bits per heavy atom. The van der Waals surface area contributed by atoms with Crippen LogP contribution in [0, 0.1) is 11.7 Å². The Morgan fingerprint density at radius 2 is 2.11 bits per heavy atom. The van der Waals surface area contributed by atoms with Gasteiger partial charge in [0, 0.05) is 11.1 Å². The minimum atomic E-state index is -0.356. The van der Waals surface area contributed by atoms with E-state index in [0.29, 0.717) is 27.8 Å². The van der Waals surface area contributed by atoms with Crippen LogP contribution in [0.2, 0.25) is 5.02 Å². The van der Waals surface area contributed by atoms with Crippen molar-refractivity contribution in [1.29, 1.82) is 0 Å². The fourth-order valence-corrected chi connectivity index (χ4v) is 2.88. The van der Waals surface area contributed by atoms with Gasteiger partial charge in [-0.15, -0.1) is 0 Å². The SMILES string of the molecule is C[C@@H]1CCCC[C@@H]1NC(=S)Nc1cc(Cl)ccc1F. The third-order valence-corrected chi connectivity index (χ3v) is 4.06. The zero-order chi connectivity index (χ0) is 13.8. The first-order valence-electron chi connectivity index (χ1n) is 6.59. The average Bonchev–Trinajstić information content (AvgIpc) is 2.37. The quantitative estimate of drug-likeness (QED) is 0.794. The molecule has 1 saturated carbocycles. The smallest absolute Gasteiger partial charge is 0.171 e. The summed E-state index contributed by atoms with van der Waals surface area (Å²) in [6, 6.07) is 4.75. The molecule has 2 atom stereocenters. The van der Waals surface area contributed by atoms with Gasteiger partial charge < -0.3 is 10.6 Å². The van der Waals surface area contributed by atoms with Crippen molar-refractivity contribution >= 4 is 34.6 Å². The molecule has 1 aliphatic carbocycles. The maximum atomic E-state index is 13.6. The highest BCUT2D eigenvalue weighted by Gasteiger charge is 2.21. The summed E-state index contributed by atoms with van der Waals surface area (Å²) in [6.07, 6.45) is 4.82. The molecule has 2 nitrogen and oxygen atoms in total. The van der Waals surface area contributed by atoms with Crippen molar-refractivity contribution in [1.82, 2.24) is 5.32 Å². The van der Waals surface area contributed by atoms with Crippen LogP contribution in [0.1, 0.15) is 32.6 Å². The Morgan fingerprint density at radius 3 is 2.84 bits per heavy atom. The van der Waals surface area contributed by atoms with Gasteiger partial charge in [-0.2, -0.15) is 0 Å². The second kappa shape index (κ2) is 6.53. The lowest BCUT2D eigenvalue weighted by molar-refractivity contribution is 0.309. The zero-order valence-corrected chi connectivity index (χ0v) is 12.5. The van der Waals surface area contributed by atoms with Crippen LogP contribution >= 0.6 is 23.8 Å². The van der Waals surface area contributed by atoms with Gasteiger partial charge >= 0.3 is 0 Å². The molecule has 0 spiro atoms. The van der Waals surface area contributed by atoms with Crippen LogP contribution in [-0.2, 0) is 0 Å². The molecule has 19 heavy (non-hydrogen) atoms. The third kappa shape index (κ3) is 4.05. The first-order valence-corrected chi connectivity index (χ1v) is 7.37. The van der Waals surface area contributed by atoms with Crippen LogP contribution < -0.4 is 10.6 Å². The number of nitrogens with one attached hydrogen (secondary N) is 2. The third-order valence-electron chi connectivity index (χ3n) is 3.60. The summed E-state index contributed by atoms with van der Waals surface area (Å²) in [7, 11) is 0. The Balaban J connectivity index is 1.95. The number of anilines is 1. The molecule has 0 unspecified atom stereocenters. The van der Waals surface area contributed by atoms with Gasteiger partial charge in [0.15, 0.2) is 5.11 Å². The summed E-state index contributed by atoms with van der Waals surface area (Å²) in [5.41, 5.74) is 0.313. The molecule has 2 rings (SSSR count). The van der Waals surface area contributed by atoms with E-state index in [4.69, 9.17) is 23.8 Å². The predicted octanol–water partition coefficient (Wildman–Crippen LogP) is 4.34. The Labute approximate surface area is 123 Å². The molecule has 0 heterocycles. The van der Waals surface area contributed by atoms with E-state index in [2.05, 4.69) is 17.6 Å². The highest BCUT2D eigenvalue weighted by Crippen LogP contribution is 2.24. The first-order chi connectivity index (χ1) is 9.06. The molecule has 0 amide bonds. The lowest BCUT2D eigenvalue weighted by atomic mass is 9.86. The minimum absolute atomic E-state index is 0.313. The molecule has 1 aromatic rings. The van der Waals surface area contributed by atoms with Crippen molar-refractivity contribution in [3.63, 3.8) is 0 Å². The fourth-order valence-electron chi connectivity index (χ4n) is 2.45. The topological polar surface area (TPSA) is 24.1 Å². The van der Waals surface area contributed by atoms with E-state index in [9.17, 15) is 4.39 Å². The number of hydrogen-bond donors (Lipinski definition) is 2. The van der Waals surface area contributed by atoms with Gasteiger partial charge in [0.25, 0.3) is 0 Å². The van der Waals surface area contributed by atoms with Crippen molar-refractivity contribution in [2.75, 3.05) is 5.32 Å². The highest BCUT2D eigenvalue weighted by molar-refractivity contribution is 7.80. The average molecular weight is 301 g/mol. The van der Waals surface area contributed by atoms with Crippen molar-refractivity contribution in [3.8, 4) is 0 Å². The fraction of sp³-hybridized carbons (Fsp3) is 0.500. The zero-order valence-electron chi connectivity index (χ0n) is 10.9. The molecule has 5 heteroatoms. The molecule has 1 fully saturated rings. The molecule has 1 aromatic carbocycles. The van der Waals surface area contributed by atoms with E-state index in [1.54, 1.807) is 0 Å². The van der Waals surface area contributed by atoms with Gasteiger partial charge in [-0.05, 0) is 49.2 Å². The predicted molar refractivity (Wildman–Crippen MR) is 82.2 cm³/mol. The van der Waals surface area contributed by atoms with Gasteiger partial charge in [-0.1, -0.05) is 31.4 Å². The lowest BCUT2D eigenvalue weighted by Crippen LogP contribution is -2.43. The van der Waals surface area contributed by atoms with Gasteiger partial charge in [-0.25, -0.2) is 4.39 Å².